The van der Waals surface area contributed by atoms with E-state index in [0.717, 1.165) is 18.5 Å². The van der Waals surface area contributed by atoms with Gasteiger partial charge in [0.1, 0.15) is 5.76 Å². The maximum Gasteiger partial charge on any atom is 0.253 e. The van der Waals surface area contributed by atoms with E-state index in [4.69, 9.17) is 4.74 Å². The first-order chi connectivity index (χ1) is 7.75. The van der Waals surface area contributed by atoms with E-state index in [1.54, 1.807) is 11.0 Å². The van der Waals surface area contributed by atoms with Crippen molar-refractivity contribution in [2.45, 2.75) is 19.6 Å². The first-order valence-electron chi connectivity index (χ1n) is 5.49. The third kappa shape index (κ3) is 1.32. The summed E-state index contributed by atoms with van der Waals surface area (Å²) < 4.78 is 5.75. The van der Waals surface area contributed by atoms with Crippen LogP contribution >= 0.6 is 0 Å². The minimum absolute atomic E-state index is 0.0586. The Morgan fingerprint density at radius 3 is 3.06 bits per heavy atom. The molecule has 0 saturated heterocycles. The molecule has 1 aromatic carbocycles. The number of rotatable bonds is 0. The monoisotopic (exact) mass is 215 g/mol. The molecule has 2 aliphatic rings. The minimum Gasteiger partial charge on any atom is -0.471 e. The Bertz CT molecular complexity index is 479. The van der Waals surface area contributed by atoms with Gasteiger partial charge in [0, 0.05) is 18.2 Å². The Balaban J connectivity index is 2.07. The quantitative estimate of drug-likeness (QED) is 0.662. The molecule has 82 valence electrons. The highest BCUT2D eigenvalue weighted by molar-refractivity contribution is 5.89. The Hall–Kier alpha value is -1.77. The number of amides is 1. The van der Waals surface area contributed by atoms with E-state index in [2.05, 4.69) is 6.07 Å². The number of carbonyl (C=O) groups is 1. The summed E-state index contributed by atoms with van der Waals surface area (Å²) in [5.41, 5.74) is 2.40. The molecule has 0 radical (unpaired) electrons. The fraction of sp³-hybridized carbons (Fsp3) is 0.308. The fourth-order valence-electron chi connectivity index (χ4n) is 2.35. The Morgan fingerprint density at radius 2 is 2.19 bits per heavy atom. The number of nitrogens with zero attached hydrogens (tertiary/aromatic N) is 1. The van der Waals surface area contributed by atoms with Crippen molar-refractivity contribution in [2.75, 3.05) is 6.54 Å². The van der Waals surface area contributed by atoms with Gasteiger partial charge in [-0.15, -0.1) is 0 Å². The van der Waals surface area contributed by atoms with Crippen LogP contribution in [0.15, 0.2) is 36.1 Å². The van der Waals surface area contributed by atoms with Gasteiger partial charge in [0.15, 0.2) is 0 Å². The summed E-state index contributed by atoms with van der Waals surface area (Å²) in [7, 11) is 0. The number of fused-ring (bicyclic) bond motifs is 3. The van der Waals surface area contributed by atoms with Crippen LogP contribution in [0.5, 0.6) is 0 Å². The fourth-order valence-corrected chi connectivity index (χ4v) is 2.35. The van der Waals surface area contributed by atoms with Crippen LogP contribution in [-0.2, 0) is 16.0 Å². The van der Waals surface area contributed by atoms with Crippen molar-refractivity contribution < 1.29 is 9.53 Å². The van der Waals surface area contributed by atoms with Crippen LogP contribution in [0, 0.1) is 0 Å². The number of ether oxygens (including phenoxy) is 1. The third-order valence-electron chi connectivity index (χ3n) is 3.13. The van der Waals surface area contributed by atoms with E-state index in [-0.39, 0.29) is 12.1 Å². The molecule has 0 fully saturated rings. The summed E-state index contributed by atoms with van der Waals surface area (Å²) in [4.78, 5) is 13.6. The molecule has 1 atom stereocenters. The van der Waals surface area contributed by atoms with Crippen LogP contribution in [-0.4, -0.2) is 17.4 Å². The highest BCUT2D eigenvalue weighted by atomic mass is 16.5. The molecular weight excluding hydrogens is 202 g/mol. The maximum absolute atomic E-state index is 11.8. The van der Waals surface area contributed by atoms with Crippen LogP contribution in [0.25, 0.3) is 0 Å². The second-order valence-corrected chi connectivity index (χ2v) is 4.21. The van der Waals surface area contributed by atoms with E-state index in [1.165, 1.54) is 5.56 Å². The van der Waals surface area contributed by atoms with Gasteiger partial charge in [0.05, 0.1) is 0 Å². The van der Waals surface area contributed by atoms with Crippen molar-refractivity contribution in [1.82, 2.24) is 4.90 Å². The molecule has 0 spiro atoms. The van der Waals surface area contributed by atoms with Crippen molar-refractivity contribution in [3.05, 3.63) is 47.2 Å². The zero-order valence-electron chi connectivity index (χ0n) is 9.14. The van der Waals surface area contributed by atoms with Crippen LogP contribution in [0.4, 0.5) is 0 Å². The first-order valence-corrected chi connectivity index (χ1v) is 5.49. The lowest BCUT2D eigenvalue weighted by Crippen LogP contribution is -2.42. The smallest absolute Gasteiger partial charge is 0.253 e. The molecule has 3 heteroatoms. The van der Waals surface area contributed by atoms with Crippen LogP contribution in [0.1, 0.15) is 24.3 Å². The van der Waals surface area contributed by atoms with E-state index in [0.29, 0.717) is 5.76 Å². The number of hydrogen-bond acceptors (Lipinski definition) is 2. The largest absolute Gasteiger partial charge is 0.471 e. The molecule has 3 nitrogen and oxygen atoms in total. The first kappa shape index (κ1) is 9.46. The van der Waals surface area contributed by atoms with Crippen molar-refractivity contribution in [2.24, 2.45) is 0 Å². The molecule has 1 aromatic rings. The third-order valence-corrected chi connectivity index (χ3v) is 3.13. The van der Waals surface area contributed by atoms with E-state index in [1.807, 2.05) is 25.1 Å². The van der Waals surface area contributed by atoms with E-state index >= 15 is 0 Å². The van der Waals surface area contributed by atoms with Crippen LogP contribution in [0.3, 0.4) is 0 Å². The van der Waals surface area contributed by atoms with Crippen molar-refractivity contribution >= 4 is 5.91 Å². The van der Waals surface area contributed by atoms with Gasteiger partial charge in [-0.3, -0.25) is 9.69 Å². The van der Waals surface area contributed by atoms with Gasteiger partial charge < -0.3 is 4.74 Å². The van der Waals surface area contributed by atoms with Gasteiger partial charge in [0.2, 0.25) is 6.23 Å². The molecule has 16 heavy (non-hydrogen) atoms. The number of benzene rings is 1. The predicted octanol–water partition coefficient (Wildman–Crippen LogP) is 2.00. The van der Waals surface area contributed by atoms with Gasteiger partial charge >= 0.3 is 0 Å². The number of carbonyl (C=O) groups excluding carboxylic acids is 1. The Labute approximate surface area is 94.3 Å². The van der Waals surface area contributed by atoms with Crippen LogP contribution in [0.2, 0.25) is 0 Å². The van der Waals surface area contributed by atoms with Gasteiger partial charge in [-0.2, -0.15) is 0 Å². The lowest BCUT2D eigenvalue weighted by molar-refractivity contribution is -0.143. The molecule has 0 bridgehead atoms. The highest BCUT2D eigenvalue weighted by Crippen LogP contribution is 2.34. The lowest BCUT2D eigenvalue weighted by Gasteiger charge is -2.39. The van der Waals surface area contributed by atoms with E-state index < -0.39 is 0 Å². The Kier molecular flexibility index (Phi) is 1.99. The predicted molar refractivity (Wildman–Crippen MR) is 59.4 cm³/mol. The van der Waals surface area contributed by atoms with Gasteiger partial charge in [-0.05, 0) is 18.9 Å². The number of hydrogen-bond donors (Lipinski definition) is 0. The molecule has 0 saturated carbocycles. The second-order valence-electron chi connectivity index (χ2n) is 4.21. The standard InChI is InChI=1S/C13H13NO2/c1-9-8-12(15)14-7-6-10-4-2-3-5-11(10)13(14)16-9/h2-5,8,13H,6-7H2,1H3. The molecule has 0 N–H and O–H groups in total. The second kappa shape index (κ2) is 3.37. The summed E-state index contributed by atoms with van der Waals surface area (Å²) in [6.07, 6.45) is 2.25. The SMILES string of the molecule is CC1=CC(=O)N2CCc3ccccc3C2O1. The van der Waals surface area contributed by atoms with Crippen LogP contribution < -0.4 is 0 Å². The maximum atomic E-state index is 11.8. The summed E-state index contributed by atoms with van der Waals surface area (Å²) in [5, 5.41) is 0. The summed E-state index contributed by atoms with van der Waals surface area (Å²) in [5.74, 6) is 0.756. The molecule has 1 unspecified atom stereocenters. The molecule has 2 aliphatic heterocycles. The summed E-state index contributed by atoms with van der Waals surface area (Å²) in [6.45, 7) is 2.57. The molecular formula is C13H13NO2. The topological polar surface area (TPSA) is 29.5 Å². The average Bonchev–Trinajstić information content (AvgIpc) is 2.28. The average molecular weight is 215 g/mol. The Morgan fingerprint density at radius 1 is 1.38 bits per heavy atom. The van der Waals surface area contributed by atoms with Crippen molar-refractivity contribution in [1.29, 1.82) is 0 Å². The van der Waals surface area contributed by atoms with Gasteiger partial charge in [-0.25, -0.2) is 0 Å². The molecule has 2 heterocycles. The molecule has 3 rings (SSSR count). The zero-order chi connectivity index (χ0) is 11.1. The van der Waals surface area contributed by atoms with Gasteiger partial charge in [-0.1, -0.05) is 24.3 Å². The van der Waals surface area contributed by atoms with E-state index in [9.17, 15) is 4.79 Å². The highest BCUT2D eigenvalue weighted by Gasteiger charge is 2.34. The molecule has 0 aliphatic carbocycles. The minimum atomic E-state index is -0.220. The summed E-state index contributed by atoms with van der Waals surface area (Å²) in [6, 6.07) is 8.16. The molecule has 1 amide bonds. The normalized spacial score (nSPS) is 23.1. The lowest BCUT2D eigenvalue weighted by atomic mass is 9.97. The van der Waals surface area contributed by atoms with Crippen molar-refractivity contribution in [3.8, 4) is 0 Å². The molecule has 0 aromatic heterocycles. The zero-order valence-corrected chi connectivity index (χ0v) is 9.14. The van der Waals surface area contributed by atoms with Crippen molar-refractivity contribution in [3.63, 3.8) is 0 Å². The van der Waals surface area contributed by atoms with Gasteiger partial charge in [0.25, 0.3) is 5.91 Å². The summed E-state index contributed by atoms with van der Waals surface area (Å²) >= 11 is 0. The number of allylic oxidation sites excluding steroid dienone is 1.